The van der Waals surface area contributed by atoms with Gasteiger partial charge in [0.25, 0.3) is 0 Å². The Bertz CT molecular complexity index is 722. The third-order valence-electron chi connectivity index (χ3n) is 5.34. The number of rotatable bonds is 4. The van der Waals surface area contributed by atoms with Crippen LogP contribution in [0.25, 0.3) is 0 Å². The predicted octanol–water partition coefficient (Wildman–Crippen LogP) is 1.86. The van der Waals surface area contributed by atoms with Crippen molar-refractivity contribution < 1.29 is 22.3 Å². The van der Waals surface area contributed by atoms with Gasteiger partial charge in [0.1, 0.15) is 5.82 Å². The van der Waals surface area contributed by atoms with Gasteiger partial charge < -0.3 is 9.64 Å². The van der Waals surface area contributed by atoms with Crippen LogP contribution in [-0.2, 0) is 19.6 Å². The molecule has 26 heavy (non-hydrogen) atoms. The first kappa shape index (κ1) is 19.3. The fourth-order valence-electron chi connectivity index (χ4n) is 3.67. The van der Waals surface area contributed by atoms with Gasteiger partial charge in [-0.2, -0.15) is 4.31 Å². The van der Waals surface area contributed by atoms with Gasteiger partial charge in [-0.25, -0.2) is 12.8 Å². The van der Waals surface area contributed by atoms with Gasteiger partial charge in [-0.15, -0.1) is 0 Å². The van der Waals surface area contributed by atoms with Crippen molar-refractivity contribution >= 4 is 15.9 Å². The summed E-state index contributed by atoms with van der Waals surface area (Å²) >= 11 is 0. The van der Waals surface area contributed by atoms with Crippen LogP contribution in [0, 0.1) is 11.7 Å². The van der Waals surface area contributed by atoms with E-state index >= 15 is 0 Å². The number of amides is 1. The maximum atomic E-state index is 13.0. The van der Waals surface area contributed by atoms with Gasteiger partial charge in [-0.1, -0.05) is 0 Å². The predicted molar refractivity (Wildman–Crippen MR) is 94.5 cm³/mol. The Hall–Kier alpha value is -1.51. The van der Waals surface area contributed by atoms with Crippen LogP contribution in [0.5, 0.6) is 0 Å². The van der Waals surface area contributed by atoms with Crippen LogP contribution < -0.4 is 0 Å². The summed E-state index contributed by atoms with van der Waals surface area (Å²) in [4.78, 5) is 14.7. The molecule has 0 N–H and O–H groups in total. The molecule has 3 rings (SSSR count). The molecule has 0 aromatic heterocycles. The lowest BCUT2D eigenvalue weighted by molar-refractivity contribution is -0.139. The van der Waals surface area contributed by atoms with Crippen LogP contribution in [0.1, 0.15) is 25.7 Å². The lowest BCUT2D eigenvalue weighted by atomic mass is 9.95. The smallest absolute Gasteiger partial charge is 0.243 e. The molecule has 0 bridgehead atoms. The Morgan fingerprint density at radius 2 is 1.62 bits per heavy atom. The molecule has 6 nitrogen and oxygen atoms in total. The van der Waals surface area contributed by atoms with Crippen molar-refractivity contribution in [1.82, 2.24) is 9.21 Å². The van der Waals surface area contributed by atoms with Crippen molar-refractivity contribution in [3.8, 4) is 0 Å². The second kappa shape index (κ2) is 8.02. The highest BCUT2D eigenvalue weighted by atomic mass is 32.2. The van der Waals surface area contributed by atoms with Crippen molar-refractivity contribution in [2.45, 2.75) is 36.7 Å². The van der Waals surface area contributed by atoms with E-state index in [-0.39, 0.29) is 22.8 Å². The summed E-state index contributed by atoms with van der Waals surface area (Å²) in [5.74, 6) is -0.474. The quantitative estimate of drug-likeness (QED) is 0.795. The number of carbonyl (C=O) groups excluding carboxylic acids is 1. The van der Waals surface area contributed by atoms with Gasteiger partial charge in [0.2, 0.25) is 15.9 Å². The van der Waals surface area contributed by atoms with E-state index in [0.29, 0.717) is 39.0 Å². The number of nitrogens with zero attached hydrogens (tertiary/aromatic N) is 2. The number of hydrogen-bond acceptors (Lipinski definition) is 4. The van der Waals surface area contributed by atoms with E-state index in [2.05, 4.69) is 0 Å². The van der Waals surface area contributed by atoms with E-state index in [0.717, 1.165) is 25.0 Å². The van der Waals surface area contributed by atoms with Crippen LogP contribution in [-0.4, -0.2) is 62.9 Å². The molecule has 0 saturated carbocycles. The number of sulfonamides is 1. The summed E-state index contributed by atoms with van der Waals surface area (Å²) in [5, 5.41) is 0. The minimum absolute atomic E-state index is 0.0883. The molecule has 1 aromatic carbocycles. The lowest BCUT2D eigenvalue weighted by Crippen LogP contribution is -2.47. The lowest BCUT2D eigenvalue weighted by Gasteiger charge is -2.36. The van der Waals surface area contributed by atoms with Crippen molar-refractivity contribution in [2.24, 2.45) is 5.92 Å². The van der Waals surface area contributed by atoms with Crippen molar-refractivity contribution in [2.75, 3.05) is 33.3 Å². The van der Waals surface area contributed by atoms with Crippen LogP contribution in [0.3, 0.4) is 0 Å². The summed E-state index contributed by atoms with van der Waals surface area (Å²) in [6, 6.07) is 4.85. The number of piperidine rings is 2. The van der Waals surface area contributed by atoms with Crippen LogP contribution in [0.4, 0.5) is 4.39 Å². The molecule has 144 valence electrons. The van der Waals surface area contributed by atoms with E-state index in [4.69, 9.17) is 4.74 Å². The third-order valence-corrected chi connectivity index (χ3v) is 7.25. The highest BCUT2D eigenvalue weighted by Gasteiger charge is 2.34. The highest BCUT2D eigenvalue weighted by molar-refractivity contribution is 7.89. The number of benzene rings is 1. The standard InChI is InChI=1S/C18H25FN2O4S/c1-25-16-8-10-20(11-9-16)18(22)14-6-12-21(13-7-14)26(23,24)17-4-2-15(19)3-5-17/h2-5,14,16H,6-13H2,1H3. The van der Waals surface area contributed by atoms with Crippen molar-refractivity contribution in [1.29, 1.82) is 0 Å². The molecular weight excluding hydrogens is 359 g/mol. The Balaban J connectivity index is 1.57. The minimum atomic E-state index is -3.64. The summed E-state index contributed by atoms with van der Waals surface area (Å²) < 4.78 is 45.0. The SMILES string of the molecule is COC1CCN(C(=O)C2CCN(S(=O)(=O)c3ccc(F)cc3)CC2)CC1. The monoisotopic (exact) mass is 384 g/mol. The topological polar surface area (TPSA) is 66.9 Å². The van der Waals surface area contributed by atoms with E-state index in [1.165, 1.54) is 16.4 Å². The molecule has 2 aliphatic heterocycles. The third kappa shape index (κ3) is 4.07. The van der Waals surface area contributed by atoms with Crippen LogP contribution in [0.15, 0.2) is 29.2 Å². The van der Waals surface area contributed by atoms with E-state index < -0.39 is 15.8 Å². The normalized spacial score (nSPS) is 21.1. The Labute approximate surface area is 154 Å². The average molecular weight is 384 g/mol. The molecule has 0 spiro atoms. The number of likely N-dealkylation sites (tertiary alicyclic amines) is 1. The minimum Gasteiger partial charge on any atom is -0.381 e. The maximum Gasteiger partial charge on any atom is 0.243 e. The fourth-order valence-corrected chi connectivity index (χ4v) is 5.14. The van der Waals surface area contributed by atoms with Gasteiger partial charge in [-0.3, -0.25) is 4.79 Å². The molecule has 1 amide bonds. The average Bonchev–Trinajstić information content (AvgIpc) is 2.68. The number of ether oxygens (including phenoxy) is 1. The zero-order chi connectivity index (χ0) is 18.7. The van der Waals surface area contributed by atoms with Crippen LogP contribution in [0.2, 0.25) is 0 Å². The number of halogens is 1. The molecule has 2 fully saturated rings. The van der Waals surface area contributed by atoms with Crippen LogP contribution >= 0.6 is 0 Å². The van der Waals surface area contributed by atoms with Gasteiger partial charge >= 0.3 is 0 Å². The van der Waals surface area contributed by atoms with E-state index in [9.17, 15) is 17.6 Å². The number of hydrogen-bond donors (Lipinski definition) is 0. The van der Waals surface area contributed by atoms with Gasteiger partial charge in [0, 0.05) is 39.2 Å². The Kier molecular flexibility index (Phi) is 5.94. The second-order valence-corrected chi connectivity index (χ2v) is 8.83. The zero-order valence-corrected chi connectivity index (χ0v) is 15.8. The molecule has 1 aromatic rings. The molecule has 8 heteroatoms. The summed E-state index contributed by atoms with van der Waals surface area (Å²) in [7, 11) is -1.94. The second-order valence-electron chi connectivity index (χ2n) is 6.89. The first-order chi connectivity index (χ1) is 12.4. The van der Waals surface area contributed by atoms with Gasteiger partial charge in [0.05, 0.1) is 11.0 Å². The summed E-state index contributed by atoms with van der Waals surface area (Å²) in [6.45, 7) is 2.02. The van der Waals surface area contributed by atoms with Crippen molar-refractivity contribution in [3.63, 3.8) is 0 Å². The highest BCUT2D eigenvalue weighted by Crippen LogP contribution is 2.26. The molecular formula is C18H25FN2O4S. The first-order valence-corrected chi connectivity index (χ1v) is 10.4. The Morgan fingerprint density at radius 3 is 2.15 bits per heavy atom. The van der Waals surface area contributed by atoms with Crippen molar-refractivity contribution in [3.05, 3.63) is 30.1 Å². The molecule has 0 atom stereocenters. The van der Waals surface area contributed by atoms with E-state index in [1.807, 2.05) is 4.90 Å². The molecule has 0 radical (unpaired) electrons. The zero-order valence-electron chi connectivity index (χ0n) is 14.9. The largest absolute Gasteiger partial charge is 0.381 e. The number of methoxy groups -OCH3 is 1. The molecule has 2 aliphatic rings. The van der Waals surface area contributed by atoms with Gasteiger partial charge in [0.15, 0.2) is 0 Å². The molecule has 0 aliphatic carbocycles. The molecule has 0 unspecified atom stereocenters. The molecule has 2 saturated heterocycles. The first-order valence-electron chi connectivity index (χ1n) is 8.99. The summed E-state index contributed by atoms with van der Waals surface area (Å²) in [6.07, 6.45) is 2.95. The Morgan fingerprint density at radius 1 is 1.04 bits per heavy atom. The van der Waals surface area contributed by atoms with E-state index in [1.54, 1.807) is 7.11 Å². The molecule has 2 heterocycles. The fraction of sp³-hybridized carbons (Fsp3) is 0.611. The number of carbonyl (C=O) groups is 1. The summed E-state index contributed by atoms with van der Waals surface area (Å²) in [5.41, 5.74) is 0. The van der Waals surface area contributed by atoms with Gasteiger partial charge in [-0.05, 0) is 49.9 Å². The maximum absolute atomic E-state index is 13.0.